The fourth-order valence-corrected chi connectivity index (χ4v) is 3.59. The second-order valence-corrected chi connectivity index (χ2v) is 6.99. The minimum Gasteiger partial charge on any atom is -0.507 e. The topological polar surface area (TPSA) is 91.0 Å². The smallest absolute Gasteiger partial charge is 0.296 e. The van der Waals surface area contributed by atoms with Crippen molar-refractivity contribution >= 4 is 29.1 Å². The van der Waals surface area contributed by atoms with Crippen molar-refractivity contribution in [2.45, 2.75) is 12.6 Å². The molecule has 29 heavy (non-hydrogen) atoms. The van der Waals surface area contributed by atoms with Gasteiger partial charge in [-0.2, -0.15) is 0 Å². The van der Waals surface area contributed by atoms with Crippen molar-refractivity contribution in [2.24, 2.45) is 0 Å². The highest BCUT2D eigenvalue weighted by molar-refractivity contribution is 6.46. The van der Waals surface area contributed by atoms with Gasteiger partial charge in [-0.1, -0.05) is 48.0 Å². The maximum atomic E-state index is 12.9. The van der Waals surface area contributed by atoms with Crippen LogP contribution < -0.4 is 0 Å². The van der Waals surface area contributed by atoms with Crippen molar-refractivity contribution in [1.29, 1.82) is 0 Å². The number of nitrogens with zero attached hydrogens (tertiary/aromatic N) is 1. The highest BCUT2D eigenvalue weighted by atomic mass is 35.5. The van der Waals surface area contributed by atoms with Gasteiger partial charge in [0.1, 0.15) is 17.3 Å². The monoisotopic (exact) mass is 409 g/mol. The average molecular weight is 410 g/mol. The van der Waals surface area contributed by atoms with Crippen molar-refractivity contribution in [1.82, 2.24) is 4.90 Å². The van der Waals surface area contributed by atoms with Crippen LogP contribution in [0.4, 0.5) is 0 Å². The summed E-state index contributed by atoms with van der Waals surface area (Å²) in [6, 6.07) is 15.4. The van der Waals surface area contributed by atoms with Crippen LogP contribution in [-0.4, -0.2) is 26.8 Å². The summed E-state index contributed by atoms with van der Waals surface area (Å²) in [5.41, 5.74) is 0.851. The Morgan fingerprint density at radius 2 is 1.83 bits per heavy atom. The molecule has 0 radical (unpaired) electrons. The van der Waals surface area contributed by atoms with Crippen molar-refractivity contribution < 1.29 is 24.2 Å². The van der Waals surface area contributed by atoms with Crippen LogP contribution in [-0.2, 0) is 16.1 Å². The molecule has 1 aliphatic heterocycles. The van der Waals surface area contributed by atoms with E-state index in [0.717, 1.165) is 0 Å². The Kier molecular flexibility index (Phi) is 4.86. The normalized spacial score (nSPS) is 18.4. The van der Waals surface area contributed by atoms with E-state index in [4.69, 9.17) is 16.0 Å². The molecule has 2 aromatic carbocycles. The Labute approximate surface area is 171 Å². The zero-order valence-electron chi connectivity index (χ0n) is 15.1. The van der Waals surface area contributed by atoms with E-state index in [-0.39, 0.29) is 28.6 Å². The molecule has 4 rings (SSSR count). The Hall–Kier alpha value is -3.51. The number of ketones is 1. The van der Waals surface area contributed by atoms with Gasteiger partial charge >= 0.3 is 0 Å². The largest absolute Gasteiger partial charge is 0.507 e. The number of carbonyl (C=O) groups is 2. The first-order valence-electron chi connectivity index (χ1n) is 8.82. The summed E-state index contributed by atoms with van der Waals surface area (Å²) in [7, 11) is 0. The van der Waals surface area contributed by atoms with E-state index >= 15 is 0 Å². The Morgan fingerprint density at radius 1 is 1.07 bits per heavy atom. The molecule has 1 amide bonds. The molecular weight excluding hydrogens is 394 g/mol. The van der Waals surface area contributed by atoms with Crippen LogP contribution in [0.1, 0.15) is 22.9 Å². The van der Waals surface area contributed by atoms with Crippen LogP contribution in [0.15, 0.2) is 76.9 Å². The number of aliphatic hydroxyl groups excluding tert-OH is 1. The number of likely N-dealkylation sites (tertiary alicyclic amines) is 1. The second-order valence-electron chi connectivity index (χ2n) is 6.58. The molecule has 0 saturated carbocycles. The predicted molar refractivity (Wildman–Crippen MR) is 106 cm³/mol. The third kappa shape index (κ3) is 3.39. The Balaban J connectivity index is 1.89. The number of halogens is 1. The summed E-state index contributed by atoms with van der Waals surface area (Å²) in [5, 5.41) is 20.7. The van der Waals surface area contributed by atoms with Gasteiger partial charge in [0.15, 0.2) is 0 Å². The van der Waals surface area contributed by atoms with Crippen molar-refractivity contribution in [2.75, 3.05) is 0 Å². The number of aromatic hydroxyl groups is 1. The first-order valence-corrected chi connectivity index (χ1v) is 9.20. The predicted octanol–water partition coefficient (Wildman–Crippen LogP) is 4.26. The summed E-state index contributed by atoms with van der Waals surface area (Å²) in [5.74, 6) is -1.47. The summed E-state index contributed by atoms with van der Waals surface area (Å²) in [6.07, 6.45) is 1.47. The summed E-state index contributed by atoms with van der Waals surface area (Å²) >= 11 is 6.06. The van der Waals surface area contributed by atoms with Crippen LogP contribution in [0, 0.1) is 0 Å². The van der Waals surface area contributed by atoms with Gasteiger partial charge in [0.2, 0.25) is 0 Å². The fraction of sp³-hybridized carbons (Fsp3) is 0.0909. The second kappa shape index (κ2) is 7.48. The number of carbonyl (C=O) groups excluding carboxylic acids is 2. The molecule has 2 heterocycles. The average Bonchev–Trinajstić information content (AvgIpc) is 3.33. The molecule has 1 unspecified atom stereocenters. The van der Waals surface area contributed by atoms with Crippen LogP contribution in [0.2, 0.25) is 5.02 Å². The number of aliphatic hydroxyl groups is 1. The van der Waals surface area contributed by atoms with E-state index in [0.29, 0.717) is 16.9 Å². The quantitative estimate of drug-likeness (QED) is 0.381. The van der Waals surface area contributed by atoms with Gasteiger partial charge in [0.25, 0.3) is 11.7 Å². The molecule has 146 valence electrons. The van der Waals surface area contributed by atoms with Crippen molar-refractivity contribution in [3.8, 4) is 5.75 Å². The van der Waals surface area contributed by atoms with Gasteiger partial charge in [-0.25, -0.2) is 0 Å². The van der Waals surface area contributed by atoms with Crippen molar-refractivity contribution in [3.05, 3.63) is 94.4 Å². The minimum absolute atomic E-state index is 0.0340. The zero-order chi connectivity index (χ0) is 20.5. The first-order chi connectivity index (χ1) is 14.0. The number of hydrogen-bond donors (Lipinski definition) is 2. The number of amides is 1. The summed E-state index contributed by atoms with van der Waals surface area (Å²) < 4.78 is 5.34. The third-order valence-corrected chi connectivity index (χ3v) is 5.08. The van der Waals surface area contributed by atoms with E-state index in [9.17, 15) is 19.8 Å². The van der Waals surface area contributed by atoms with Gasteiger partial charge in [0.05, 0.1) is 29.4 Å². The highest BCUT2D eigenvalue weighted by Gasteiger charge is 2.46. The first kappa shape index (κ1) is 18.8. The molecular formula is C22H16ClNO5. The molecule has 0 spiro atoms. The summed E-state index contributed by atoms with van der Waals surface area (Å²) in [6.45, 7) is 0.0340. The number of furan rings is 1. The maximum Gasteiger partial charge on any atom is 0.296 e. The zero-order valence-corrected chi connectivity index (χ0v) is 15.8. The molecule has 1 atom stereocenters. The fourth-order valence-electron chi connectivity index (χ4n) is 3.40. The number of phenols is 1. The standard InChI is InChI=1S/C22H16ClNO5/c23-16-11-14(8-9-17(16)25)19-18(20(26)13-5-2-1-3-6-13)21(27)22(28)24(19)12-15-7-4-10-29-15/h1-11,19,25-26H,12H2/b20-18-. The number of benzene rings is 2. The SMILES string of the molecule is O=C1C(=O)N(Cc2ccco2)C(c2ccc(O)c(Cl)c2)/C1=C(/O)c1ccccc1. The molecule has 7 heteroatoms. The molecule has 6 nitrogen and oxygen atoms in total. The van der Waals surface area contributed by atoms with Gasteiger partial charge in [-0.05, 0) is 29.8 Å². The molecule has 0 aliphatic carbocycles. The Bertz CT molecular complexity index is 1110. The lowest BCUT2D eigenvalue weighted by Crippen LogP contribution is -2.29. The number of rotatable bonds is 4. The lowest BCUT2D eigenvalue weighted by atomic mass is 9.95. The molecule has 2 N–H and O–H groups in total. The molecule has 3 aromatic rings. The molecule has 1 aliphatic rings. The van der Waals surface area contributed by atoms with Crippen LogP contribution in [0.5, 0.6) is 5.75 Å². The van der Waals surface area contributed by atoms with Gasteiger partial charge in [-0.15, -0.1) is 0 Å². The molecule has 1 saturated heterocycles. The van der Waals surface area contributed by atoms with Crippen LogP contribution in [0.3, 0.4) is 0 Å². The summed E-state index contributed by atoms with van der Waals surface area (Å²) in [4.78, 5) is 27.0. The van der Waals surface area contributed by atoms with E-state index in [2.05, 4.69) is 0 Å². The van der Waals surface area contributed by atoms with Crippen molar-refractivity contribution in [3.63, 3.8) is 0 Å². The Morgan fingerprint density at radius 3 is 2.48 bits per heavy atom. The molecule has 1 aromatic heterocycles. The van der Waals surface area contributed by atoms with E-state index < -0.39 is 17.7 Å². The lowest BCUT2D eigenvalue weighted by molar-refractivity contribution is -0.140. The third-order valence-electron chi connectivity index (χ3n) is 4.78. The van der Waals surface area contributed by atoms with Crippen LogP contribution >= 0.6 is 11.6 Å². The number of Topliss-reactive ketones (excluding diaryl/α,β-unsaturated/α-hetero) is 1. The molecule has 0 bridgehead atoms. The van der Waals surface area contributed by atoms with Gasteiger partial charge in [0, 0.05) is 5.56 Å². The van der Waals surface area contributed by atoms with Gasteiger partial charge in [-0.3, -0.25) is 9.59 Å². The lowest BCUT2D eigenvalue weighted by Gasteiger charge is -2.24. The minimum atomic E-state index is -0.890. The highest BCUT2D eigenvalue weighted by Crippen LogP contribution is 2.41. The maximum absolute atomic E-state index is 12.9. The van der Waals surface area contributed by atoms with E-state index in [1.54, 1.807) is 48.5 Å². The molecule has 1 fully saturated rings. The van der Waals surface area contributed by atoms with Gasteiger partial charge < -0.3 is 19.5 Å². The number of phenolic OH excluding ortho intramolecular Hbond substituents is 1. The van der Waals surface area contributed by atoms with E-state index in [1.165, 1.54) is 23.3 Å². The van der Waals surface area contributed by atoms with Crippen LogP contribution in [0.25, 0.3) is 5.76 Å². The number of hydrogen-bond acceptors (Lipinski definition) is 5. The van der Waals surface area contributed by atoms with E-state index in [1.807, 2.05) is 0 Å².